The third-order valence-corrected chi connectivity index (χ3v) is 4.35. The molecule has 2 aromatic carbocycles. The van der Waals surface area contributed by atoms with Gasteiger partial charge in [-0.1, -0.05) is 12.1 Å². The molecule has 0 unspecified atom stereocenters. The summed E-state index contributed by atoms with van der Waals surface area (Å²) in [5.41, 5.74) is 0.751. The molecule has 0 atom stereocenters. The minimum Gasteiger partial charge on any atom is -0.497 e. The highest BCUT2D eigenvalue weighted by atomic mass is 32.2. The average Bonchev–Trinajstić information content (AvgIpc) is 2.55. The molecule has 0 radical (unpaired) electrons. The SMILES string of the molecule is COc1ccc(CC(=N)OS(=O)(=O)c2ccc(OC)cc2)cc1. The van der Waals surface area contributed by atoms with Gasteiger partial charge in [-0.3, -0.25) is 5.41 Å². The summed E-state index contributed by atoms with van der Waals surface area (Å²) in [5.74, 6) is 0.871. The summed E-state index contributed by atoms with van der Waals surface area (Å²) in [6.45, 7) is 0. The van der Waals surface area contributed by atoms with Gasteiger partial charge < -0.3 is 13.7 Å². The summed E-state index contributed by atoms with van der Waals surface area (Å²) in [4.78, 5) is -0.0298. The molecule has 0 aliphatic carbocycles. The second-order valence-electron chi connectivity index (χ2n) is 4.66. The Morgan fingerprint density at radius 2 is 1.39 bits per heavy atom. The molecule has 122 valence electrons. The molecule has 0 aromatic heterocycles. The fourth-order valence-corrected chi connectivity index (χ4v) is 2.77. The Kier molecular flexibility index (Phi) is 5.23. The summed E-state index contributed by atoms with van der Waals surface area (Å²) >= 11 is 0. The van der Waals surface area contributed by atoms with Gasteiger partial charge in [-0.2, -0.15) is 8.42 Å². The van der Waals surface area contributed by atoms with E-state index in [1.54, 1.807) is 31.4 Å². The Hall–Kier alpha value is -2.54. The van der Waals surface area contributed by atoms with Crippen molar-refractivity contribution in [2.75, 3.05) is 14.2 Å². The number of hydrogen-bond donors (Lipinski definition) is 1. The summed E-state index contributed by atoms with van der Waals surface area (Å²) in [6.07, 6.45) is 0.0688. The maximum absolute atomic E-state index is 12.1. The number of hydrogen-bond acceptors (Lipinski definition) is 6. The third kappa shape index (κ3) is 4.46. The molecule has 0 saturated heterocycles. The number of rotatable bonds is 6. The molecule has 0 bridgehead atoms. The van der Waals surface area contributed by atoms with Crippen molar-refractivity contribution in [1.82, 2.24) is 0 Å². The smallest absolute Gasteiger partial charge is 0.340 e. The quantitative estimate of drug-likeness (QED) is 0.498. The van der Waals surface area contributed by atoms with E-state index in [1.807, 2.05) is 0 Å². The summed E-state index contributed by atoms with van der Waals surface area (Å²) in [6, 6.07) is 12.7. The largest absolute Gasteiger partial charge is 0.497 e. The lowest BCUT2D eigenvalue weighted by Gasteiger charge is -2.09. The van der Waals surface area contributed by atoms with Crippen LogP contribution in [0.2, 0.25) is 0 Å². The van der Waals surface area contributed by atoms with Gasteiger partial charge in [-0.15, -0.1) is 0 Å². The minimum atomic E-state index is -4.02. The Morgan fingerprint density at radius 3 is 1.87 bits per heavy atom. The zero-order chi connectivity index (χ0) is 16.9. The van der Waals surface area contributed by atoms with Crippen LogP contribution in [0.25, 0.3) is 0 Å². The van der Waals surface area contributed by atoms with E-state index in [2.05, 4.69) is 0 Å². The van der Waals surface area contributed by atoms with E-state index < -0.39 is 10.1 Å². The van der Waals surface area contributed by atoms with Crippen LogP contribution in [0.4, 0.5) is 0 Å². The highest BCUT2D eigenvalue weighted by Gasteiger charge is 2.18. The Morgan fingerprint density at radius 1 is 0.913 bits per heavy atom. The molecule has 23 heavy (non-hydrogen) atoms. The number of nitrogens with one attached hydrogen (secondary N) is 1. The molecular formula is C16H17NO5S. The van der Waals surface area contributed by atoms with E-state index >= 15 is 0 Å². The van der Waals surface area contributed by atoms with Gasteiger partial charge >= 0.3 is 10.1 Å². The molecule has 0 amide bonds. The van der Waals surface area contributed by atoms with Crippen molar-refractivity contribution >= 4 is 16.0 Å². The molecule has 1 N–H and O–H groups in total. The van der Waals surface area contributed by atoms with Crippen molar-refractivity contribution in [3.63, 3.8) is 0 Å². The van der Waals surface area contributed by atoms with Crippen molar-refractivity contribution in [2.24, 2.45) is 0 Å². The first-order chi connectivity index (χ1) is 10.9. The highest BCUT2D eigenvalue weighted by Crippen LogP contribution is 2.18. The number of benzene rings is 2. The predicted molar refractivity (Wildman–Crippen MR) is 85.7 cm³/mol. The highest BCUT2D eigenvalue weighted by molar-refractivity contribution is 7.87. The topological polar surface area (TPSA) is 85.7 Å². The Labute approximate surface area is 135 Å². The van der Waals surface area contributed by atoms with Crippen LogP contribution in [0, 0.1) is 5.41 Å². The molecule has 2 rings (SSSR count). The van der Waals surface area contributed by atoms with Crippen LogP contribution >= 0.6 is 0 Å². The van der Waals surface area contributed by atoms with Crippen molar-refractivity contribution in [3.05, 3.63) is 54.1 Å². The monoisotopic (exact) mass is 335 g/mol. The second kappa shape index (κ2) is 7.15. The zero-order valence-corrected chi connectivity index (χ0v) is 13.6. The van der Waals surface area contributed by atoms with Crippen LogP contribution in [0.5, 0.6) is 11.5 Å². The first-order valence-electron chi connectivity index (χ1n) is 6.73. The van der Waals surface area contributed by atoms with E-state index in [-0.39, 0.29) is 17.2 Å². The van der Waals surface area contributed by atoms with Crippen molar-refractivity contribution in [1.29, 1.82) is 5.41 Å². The standard InChI is InChI=1S/C16H17NO5S/c1-20-13-5-3-12(4-6-13)11-16(17)22-23(18,19)15-9-7-14(21-2)8-10-15/h3-10,17H,11H2,1-2H3. The lowest BCUT2D eigenvalue weighted by Crippen LogP contribution is -2.14. The van der Waals surface area contributed by atoms with Crippen molar-refractivity contribution in [3.8, 4) is 11.5 Å². The van der Waals surface area contributed by atoms with Gasteiger partial charge in [-0.05, 0) is 42.0 Å². The van der Waals surface area contributed by atoms with Gasteiger partial charge in [0.2, 0.25) is 5.90 Å². The van der Waals surface area contributed by atoms with Crippen LogP contribution in [0.3, 0.4) is 0 Å². The Balaban J connectivity index is 2.04. The summed E-state index contributed by atoms with van der Waals surface area (Å²) in [5, 5.41) is 7.75. The second-order valence-corrected chi connectivity index (χ2v) is 6.21. The van der Waals surface area contributed by atoms with Crippen LogP contribution in [0.15, 0.2) is 53.4 Å². The normalized spacial score (nSPS) is 10.9. The van der Waals surface area contributed by atoms with E-state index in [9.17, 15) is 8.42 Å². The maximum atomic E-state index is 12.1. The average molecular weight is 335 g/mol. The fraction of sp³-hybridized carbons (Fsp3) is 0.188. The molecule has 0 aliphatic rings. The summed E-state index contributed by atoms with van der Waals surface area (Å²) in [7, 11) is -0.974. The fourth-order valence-electron chi connectivity index (χ4n) is 1.88. The van der Waals surface area contributed by atoms with E-state index in [0.717, 1.165) is 5.56 Å². The van der Waals surface area contributed by atoms with E-state index in [0.29, 0.717) is 11.5 Å². The van der Waals surface area contributed by atoms with Gasteiger partial charge in [0.15, 0.2) is 0 Å². The van der Waals surface area contributed by atoms with Gasteiger partial charge in [0, 0.05) is 6.42 Å². The molecule has 2 aromatic rings. The molecule has 0 fully saturated rings. The number of methoxy groups -OCH3 is 2. The van der Waals surface area contributed by atoms with Crippen LogP contribution in [-0.4, -0.2) is 28.5 Å². The summed E-state index contributed by atoms with van der Waals surface area (Å²) < 4.78 is 39.1. The van der Waals surface area contributed by atoms with Gasteiger partial charge in [0.05, 0.1) is 14.2 Å². The van der Waals surface area contributed by atoms with Gasteiger partial charge in [-0.25, -0.2) is 0 Å². The lowest BCUT2D eigenvalue weighted by molar-refractivity contribution is 0.414. The third-order valence-electron chi connectivity index (χ3n) is 3.08. The molecule has 7 heteroatoms. The zero-order valence-electron chi connectivity index (χ0n) is 12.8. The predicted octanol–water partition coefficient (Wildman–Crippen LogP) is 2.63. The lowest BCUT2D eigenvalue weighted by atomic mass is 10.1. The number of ether oxygens (including phenoxy) is 2. The van der Waals surface area contributed by atoms with Crippen molar-refractivity contribution in [2.45, 2.75) is 11.3 Å². The van der Waals surface area contributed by atoms with Crippen LogP contribution in [0.1, 0.15) is 5.56 Å². The van der Waals surface area contributed by atoms with E-state index in [1.165, 1.54) is 31.4 Å². The maximum Gasteiger partial charge on any atom is 0.340 e. The first kappa shape index (κ1) is 16.8. The molecule has 6 nitrogen and oxygen atoms in total. The Bertz CT molecular complexity index is 767. The van der Waals surface area contributed by atoms with Crippen LogP contribution < -0.4 is 9.47 Å². The van der Waals surface area contributed by atoms with Gasteiger partial charge in [0.1, 0.15) is 16.4 Å². The van der Waals surface area contributed by atoms with Crippen LogP contribution in [-0.2, 0) is 20.7 Å². The molecule has 0 aliphatic heterocycles. The molecule has 0 saturated carbocycles. The van der Waals surface area contributed by atoms with Gasteiger partial charge in [0.25, 0.3) is 0 Å². The van der Waals surface area contributed by atoms with E-state index in [4.69, 9.17) is 19.1 Å². The minimum absolute atomic E-state index is 0.0298. The molecule has 0 heterocycles. The molecular weight excluding hydrogens is 318 g/mol. The first-order valence-corrected chi connectivity index (χ1v) is 8.14. The molecule has 0 spiro atoms. The van der Waals surface area contributed by atoms with Crippen molar-refractivity contribution < 1.29 is 22.1 Å².